The zero-order valence-electron chi connectivity index (χ0n) is 12.0. The van der Waals surface area contributed by atoms with E-state index in [1.54, 1.807) is 24.3 Å². The Labute approximate surface area is 123 Å². The van der Waals surface area contributed by atoms with Crippen molar-refractivity contribution in [1.29, 1.82) is 5.26 Å². The third kappa shape index (κ3) is 3.40. The van der Waals surface area contributed by atoms with E-state index in [1.165, 1.54) is 0 Å². The zero-order chi connectivity index (χ0) is 15.4. The quantitative estimate of drug-likeness (QED) is 0.934. The number of aromatic carboxylic acids is 1. The Hall–Kier alpha value is -2.80. The van der Waals surface area contributed by atoms with Crippen LogP contribution >= 0.6 is 0 Å². The van der Waals surface area contributed by atoms with Gasteiger partial charge in [0.25, 0.3) is 0 Å². The van der Waals surface area contributed by atoms with Crippen molar-refractivity contribution >= 4 is 11.7 Å². The molecule has 1 N–H and O–H groups in total. The van der Waals surface area contributed by atoms with Gasteiger partial charge in [-0.25, -0.2) is 4.79 Å². The van der Waals surface area contributed by atoms with E-state index in [-0.39, 0.29) is 5.56 Å². The molecule has 0 unspecified atom stereocenters. The highest BCUT2D eigenvalue weighted by atomic mass is 16.4. The van der Waals surface area contributed by atoms with Crippen LogP contribution in [0.1, 0.15) is 27.0 Å². The number of hydrogen-bond donors (Lipinski definition) is 1. The van der Waals surface area contributed by atoms with Crippen LogP contribution in [-0.2, 0) is 6.54 Å². The number of hydrogen-bond acceptors (Lipinski definition) is 3. The van der Waals surface area contributed by atoms with E-state index in [0.717, 1.165) is 16.8 Å². The fourth-order valence-electron chi connectivity index (χ4n) is 2.18. The van der Waals surface area contributed by atoms with Crippen LogP contribution in [0.2, 0.25) is 0 Å². The molecule has 2 aromatic carbocycles. The van der Waals surface area contributed by atoms with Crippen LogP contribution in [0.4, 0.5) is 5.69 Å². The first-order chi connectivity index (χ1) is 10.0. The Kier molecular flexibility index (Phi) is 4.24. The zero-order valence-corrected chi connectivity index (χ0v) is 12.0. The van der Waals surface area contributed by atoms with Crippen LogP contribution in [0.15, 0.2) is 42.5 Å². The Balaban J connectivity index is 2.20. The van der Waals surface area contributed by atoms with Gasteiger partial charge >= 0.3 is 5.97 Å². The minimum atomic E-state index is -0.930. The van der Waals surface area contributed by atoms with Gasteiger partial charge < -0.3 is 10.0 Å². The first-order valence-corrected chi connectivity index (χ1v) is 6.55. The van der Waals surface area contributed by atoms with Gasteiger partial charge in [-0.2, -0.15) is 5.26 Å². The number of nitriles is 1. The SMILES string of the molecule is Cc1ccc(N(C)Cc2ccc(C(=O)O)cc2)c(C#N)c1. The van der Waals surface area contributed by atoms with Gasteiger partial charge in [0.1, 0.15) is 6.07 Å². The van der Waals surface area contributed by atoms with Crippen LogP contribution in [0.5, 0.6) is 0 Å². The van der Waals surface area contributed by atoms with Crippen molar-refractivity contribution < 1.29 is 9.90 Å². The molecule has 106 valence electrons. The summed E-state index contributed by atoms with van der Waals surface area (Å²) in [5, 5.41) is 18.1. The average Bonchev–Trinajstić information content (AvgIpc) is 2.47. The van der Waals surface area contributed by atoms with Crippen LogP contribution < -0.4 is 4.90 Å². The maximum absolute atomic E-state index is 10.8. The van der Waals surface area contributed by atoms with E-state index in [0.29, 0.717) is 12.1 Å². The third-order valence-corrected chi connectivity index (χ3v) is 3.30. The Morgan fingerprint density at radius 3 is 2.48 bits per heavy atom. The van der Waals surface area contributed by atoms with Gasteiger partial charge in [-0.05, 0) is 42.3 Å². The summed E-state index contributed by atoms with van der Waals surface area (Å²) in [6, 6.07) is 14.7. The van der Waals surface area contributed by atoms with Gasteiger partial charge in [0.05, 0.1) is 16.8 Å². The number of rotatable bonds is 4. The van der Waals surface area contributed by atoms with Crippen LogP contribution in [0, 0.1) is 18.3 Å². The molecule has 4 nitrogen and oxygen atoms in total. The molecule has 0 aliphatic rings. The third-order valence-electron chi connectivity index (χ3n) is 3.30. The molecule has 0 saturated heterocycles. The predicted octanol–water partition coefficient (Wildman–Crippen LogP) is 3.20. The molecule has 0 bridgehead atoms. The van der Waals surface area contributed by atoms with Crippen LogP contribution in [-0.4, -0.2) is 18.1 Å². The van der Waals surface area contributed by atoms with Gasteiger partial charge in [0.2, 0.25) is 0 Å². The Morgan fingerprint density at radius 1 is 1.24 bits per heavy atom. The molecule has 0 aliphatic heterocycles. The molecular weight excluding hydrogens is 264 g/mol. The van der Waals surface area contributed by atoms with Crippen LogP contribution in [0.3, 0.4) is 0 Å². The minimum absolute atomic E-state index is 0.273. The average molecular weight is 280 g/mol. The van der Waals surface area contributed by atoms with E-state index in [9.17, 15) is 10.1 Å². The molecule has 0 aliphatic carbocycles. The standard InChI is InChI=1S/C17H16N2O2/c1-12-3-8-16(15(9-12)10-18)19(2)11-13-4-6-14(7-5-13)17(20)21/h3-9H,11H2,1-2H3,(H,20,21). The summed E-state index contributed by atoms with van der Waals surface area (Å²) >= 11 is 0. The first kappa shape index (κ1) is 14.6. The molecular formula is C17H16N2O2. The van der Waals surface area contributed by atoms with E-state index in [4.69, 9.17) is 5.11 Å². The van der Waals surface area contributed by atoms with E-state index >= 15 is 0 Å². The van der Waals surface area contributed by atoms with Crippen molar-refractivity contribution in [3.8, 4) is 6.07 Å². The number of benzene rings is 2. The lowest BCUT2D eigenvalue weighted by molar-refractivity contribution is 0.0697. The van der Waals surface area contributed by atoms with E-state index in [2.05, 4.69) is 6.07 Å². The smallest absolute Gasteiger partial charge is 0.335 e. The van der Waals surface area contributed by atoms with Gasteiger partial charge in [-0.1, -0.05) is 18.2 Å². The number of anilines is 1. The van der Waals surface area contributed by atoms with Crippen molar-refractivity contribution in [1.82, 2.24) is 0 Å². The molecule has 0 fully saturated rings. The summed E-state index contributed by atoms with van der Waals surface area (Å²) < 4.78 is 0. The molecule has 0 amide bonds. The normalized spacial score (nSPS) is 9.95. The lowest BCUT2D eigenvalue weighted by Gasteiger charge is -2.21. The van der Waals surface area contributed by atoms with Crippen molar-refractivity contribution in [3.05, 3.63) is 64.7 Å². The maximum atomic E-state index is 10.8. The molecule has 0 heterocycles. The number of carboxylic acids is 1. The molecule has 0 atom stereocenters. The van der Waals surface area contributed by atoms with Crippen molar-refractivity contribution in [3.63, 3.8) is 0 Å². The molecule has 0 aromatic heterocycles. The molecule has 2 rings (SSSR count). The van der Waals surface area contributed by atoms with Gasteiger partial charge in [-0.15, -0.1) is 0 Å². The maximum Gasteiger partial charge on any atom is 0.335 e. The van der Waals surface area contributed by atoms with Crippen LogP contribution in [0.25, 0.3) is 0 Å². The summed E-state index contributed by atoms with van der Waals surface area (Å²) in [7, 11) is 1.91. The largest absolute Gasteiger partial charge is 0.478 e. The Morgan fingerprint density at radius 2 is 1.90 bits per heavy atom. The van der Waals surface area contributed by atoms with Crippen molar-refractivity contribution in [2.75, 3.05) is 11.9 Å². The highest BCUT2D eigenvalue weighted by molar-refractivity contribution is 5.87. The fourth-order valence-corrected chi connectivity index (χ4v) is 2.18. The number of aryl methyl sites for hydroxylation is 1. The molecule has 0 radical (unpaired) electrons. The first-order valence-electron chi connectivity index (χ1n) is 6.55. The minimum Gasteiger partial charge on any atom is -0.478 e. The lowest BCUT2D eigenvalue weighted by Crippen LogP contribution is -2.17. The molecule has 21 heavy (non-hydrogen) atoms. The highest BCUT2D eigenvalue weighted by Crippen LogP contribution is 2.22. The Bertz CT molecular complexity index is 700. The number of nitrogens with zero attached hydrogens (tertiary/aromatic N) is 2. The number of carboxylic acid groups (broad SMARTS) is 1. The van der Waals surface area contributed by atoms with E-state index in [1.807, 2.05) is 37.1 Å². The lowest BCUT2D eigenvalue weighted by atomic mass is 10.1. The second kappa shape index (κ2) is 6.10. The van der Waals surface area contributed by atoms with Gasteiger partial charge in [0, 0.05) is 13.6 Å². The molecule has 4 heteroatoms. The monoisotopic (exact) mass is 280 g/mol. The van der Waals surface area contributed by atoms with Crippen molar-refractivity contribution in [2.45, 2.75) is 13.5 Å². The molecule has 2 aromatic rings. The second-order valence-electron chi connectivity index (χ2n) is 4.99. The predicted molar refractivity (Wildman–Crippen MR) is 81.4 cm³/mol. The molecule has 0 spiro atoms. The van der Waals surface area contributed by atoms with E-state index < -0.39 is 5.97 Å². The second-order valence-corrected chi connectivity index (χ2v) is 4.99. The summed E-state index contributed by atoms with van der Waals surface area (Å²) in [6.45, 7) is 2.56. The van der Waals surface area contributed by atoms with Gasteiger partial charge in [0.15, 0.2) is 0 Å². The van der Waals surface area contributed by atoms with Crippen molar-refractivity contribution in [2.24, 2.45) is 0 Å². The summed E-state index contributed by atoms with van der Waals surface area (Å²) in [4.78, 5) is 12.8. The molecule has 0 saturated carbocycles. The highest BCUT2D eigenvalue weighted by Gasteiger charge is 2.09. The summed E-state index contributed by atoms with van der Waals surface area (Å²) in [6.07, 6.45) is 0. The topological polar surface area (TPSA) is 64.3 Å². The van der Waals surface area contributed by atoms with Gasteiger partial charge in [-0.3, -0.25) is 0 Å². The fraction of sp³-hybridized carbons (Fsp3) is 0.176. The number of carbonyl (C=O) groups is 1. The summed E-state index contributed by atoms with van der Waals surface area (Å²) in [5.41, 5.74) is 3.82. The summed E-state index contributed by atoms with van der Waals surface area (Å²) in [5.74, 6) is -0.930.